The van der Waals surface area contributed by atoms with E-state index in [1.54, 1.807) is 20.4 Å². The summed E-state index contributed by atoms with van der Waals surface area (Å²) >= 11 is 0. The molecule has 2 rings (SSSR count). The van der Waals surface area contributed by atoms with Crippen LogP contribution in [0.4, 0.5) is 11.5 Å². The molecule has 0 bridgehead atoms. The van der Waals surface area contributed by atoms with Crippen LogP contribution in [-0.4, -0.2) is 32.4 Å². The number of nitrogens with two attached hydrogens (primary N) is 1. The number of fused-ring (bicyclic) bond motifs is 1. The Morgan fingerprint density at radius 3 is 2.84 bits per heavy atom. The Morgan fingerprint density at radius 1 is 1.26 bits per heavy atom. The van der Waals surface area contributed by atoms with E-state index in [2.05, 4.69) is 10.3 Å². The van der Waals surface area contributed by atoms with Gasteiger partial charge in [-0.2, -0.15) is 0 Å². The number of nitrogen functional groups attached to an aromatic ring is 1. The standard InChI is InChI=1S/C14H19N3O2/c1-18-9-3-7-16-14-13-10(6-8-17-14)12(19-2)5-4-11(13)15/h4-6,8H,3,7,9,15H2,1-2H3,(H,16,17). The lowest BCUT2D eigenvalue weighted by Crippen LogP contribution is -2.07. The third-order valence-electron chi connectivity index (χ3n) is 2.96. The van der Waals surface area contributed by atoms with Crippen molar-refractivity contribution in [1.29, 1.82) is 0 Å². The molecule has 1 aromatic carbocycles. The van der Waals surface area contributed by atoms with Gasteiger partial charge in [-0.25, -0.2) is 4.98 Å². The summed E-state index contributed by atoms with van der Waals surface area (Å²) in [5.41, 5.74) is 6.74. The number of aromatic nitrogens is 1. The minimum Gasteiger partial charge on any atom is -0.496 e. The normalized spacial score (nSPS) is 10.6. The number of hydrogen-bond acceptors (Lipinski definition) is 5. The van der Waals surface area contributed by atoms with Crippen LogP contribution in [0.15, 0.2) is 24.4 Å². The summed E-state index contributed by atoms with van der Waals surface area (Å²) in [5.74, 6) is 1.58. The van der Waals surface area contributed by atoms with Gasteiger partial charge in [0.1, 0.15) is 11.6 Å². The van der Waals surface area contributed by atoms with E-state index in [1.165, 1.54) is 0 Å². The molecular formula is C14H19N3O2. The van der Waals surface area contributed by atoms with Crippen molar-refractivity contribution in [3.8, 4) is 5.75 Å². The van der Waals surface area contributed by atoms with Gasteiger partial charge in [-0.05, 0) is 24.6 Å². The molecule has 5 heteroatoms. The number of benzene rings is 1. The minimum atomic E-state index is 0.693. The summed E-state index contributed by atoms with van der Waals surface area (Å²) in [4.78, 5) is 4.35. The first-order valence-electron chi connectivity index (χ1n) is 6.22. The summed E-state index contributed by atoms with van der Waals surface area (Å²) in [6.07, 6.45) is 2.67. The maximum absolute atomic E-state index is 6.05. The fraction of sp³-hybridized carbons (Fsp3) is 0.357. The lowest BCUT2D eigenvalue weighted by atomic mass is 10.1. The molecule has 102 valence electrons. The molecule has 0 spiro atoms. The fourth-order valence-corrected chi connectivity index (χ4v) is 2.03. The number of nitrogens with one attached hydrogen (secondary N) is 1. The predicted octanol–water partition coefficient (Wildman–Crippen LogP) is 2.27. The van der Waals surface area contributed by atoms with Crippen molar-refractivity contribution >= 4 is 22.3 Å². The zero-order chi connectivity index (χ0) is 13.7. The zero-order valence-electron chi connectivity index (χ0n) is 11.3. The van der Waals surface area contributed by atoms with E-state index in [0.717, 1.165) is 41.9 Å². The topological polar surface area (TPSA) is 69.4 Å². The molecule has 0 saturated carbocycles. The van der Waals surface area contributed by atoms with E-state index in [1.807, 2.05) is 18.2 Å². The Kier molecular flexibility index (Phi) is 4.41. The van der Waals surface area contributed by atoms with Gasteiger partial charge in [0.05, 0.1) is 12.5 Å². The molecule has 0 aliphatic heterocycles. The fourth-order valence-electron chi connectivity index (χ4n) is 2.03. The van der Waals surface area contributed by atoms with Crippen LogP contribution >= 0.6 is 0 Å². The Bertz CT molecular complexity index is 558. The molecule has 0 aliphatic carbocycles. The molecule has 5 nitrogen and oxygen atoms in total. The second-order valence-electron chi connectivity index (χ2n) is 4.21. The lowest BCUT2D eigenvalue weighted by molar-refractivity contribution is 0.198. The van der Waals surface area contributed by atoms with Gasteiger partial charge in [0.15, 0.2) is 0 Å². The summed E-state index contributed by atoms with van der Waals surface area (Å²) in [7, 11) is 3.34. The molecule has 2 aromatic rings. The van der Waals surface area contributed by atoms with Crippen molar-refractivity contribution in [1.82, 2.24) is 4.98 Å². The Morgan fingerprint density at radius 2 is 2.11 bits per heavy atom. The third-order valence-corrected chi connectivity index (χ3v) is 2.96. The first kappa shape index (κ1) is 13.4. The smallest absolute Gasteiger partial charge is 0.136 e. The summed E-state index contributed by atoms with van der Waals surface area (Å²) in [6.45, 7) is 1.51. The minimum absolute atomic E-state index is 0.693. The van der Waals surface area contributed by atoms with E-state index < -0.39 is 0 Å². The van der Waals surface area contributed by atoms with Crippen molar-refractivity contribution < 1.29 is 9.47 Å². The molecule has 0 fully saturated rings. The summed E-state index contributed by atoms with van der Waals surface area (Å²) in [6, 6.07) is 5.61. The van der Waals surface area contributed by atoms with Gasteiger partial charge in [0.2, 0.25) is 0 Å². The van der Waals surface area contributed by atoms with Crippen molar-refractivity contribution in [2.24, 2.45) is 0 Å². The molecule has 0 atom stereocenters. The molecule has 1 heterocycles. The molecule has 0 saturated heterocycles. The Hall–Kier alpha value is -2.01. The monoisotopic (exact) mass is 261 g/mol. The van der Waals surface area contributed by atoms with Gasteiger partial charge in [0.25, 0.3) is 0 Å². The van der Waals surface area contributed by atoms with Crippen molar-refractivity contribution in [2.75, 3.05) is 38.4 Å². The van der Waals surface area contributed by atoms with Crippen molar-refractivity contribution in [3.05, 3.63) is 24.4 Å². The quantitative estimate of drug-likeness (QED) is 0.616. The zero-order valence-corrected chi connectivity index (χ0v) is 11.3. The Balaban J connectivity index is 2.33. The van der Waals surface area contributed by atoms with Gasteiger partial charge >= 0.3 is 0 Å². The first-order valence-corrected chi connectivity index (χ1v) is 6.22. The van der Waals surface area contributed by atoms with Crippen LogP contribution in [0.2, 0.25) is 0 Å². The highest BCUT2D eigenvalue weighted by Gasteiger charge is 2.09. The van der Waals surface area contributed by atoms with Crippen LogP contribution < -0.4 is 15.8 Å². The molecule has 0 unspecified atom stereocenters. The molecule has 0 aliphatic rings. The second kappa shape index (κ2) is 6.24. The van der Waals surface area contributed by atoms with E-state index >= 15 is 0 Å². The lowest BCUT2D eigenvalue weighted by Gasteiger charge is -2.12. The number of nitrogens with zero attached hydrogens (tertiary/aromatic N) is 1. The molecular weight excluding hydrogens is 242 g/mol. The number of ether oxygens (including phenoxy) is 2. The SMILES string of the molecule is COCCCNc1nccc2c(OC)ccc(N)c12. The van der Waals surface area contributed by atoms with Crippen LogP contribution in [0.1, 0.15) is 6.42 Å². The van der Waals surface area contributed by atoms with Gasteiger partial charge in [0, 0.05) is 37.5 Å². The van der Waals surface area contributed by atoms with Crippen LogP contribution in [0.25, 0.3) is 10.8 Å². The maximum atomic E-state index is 6.05. The maximum Gasteiger partial charge on any atom is 0.136 e. The van der Waals surface area contributed by atoms with Gasteiger partial charge in [-0.3, -0.25) is 0 Å². The van der Waals surface area contributed by atoms with Crippen LogP contribution in [0, 0.1) is 0 Å². The molecule has 0 radical (unpaired) electrons. The average molecular weight is 261 g/mol. The Labute approximate surface area is 112 Å². The highest BCUT2D eigenvalue weighted by Crippen LogP contribution is 2.33. The number of hydrogen-bond donors (Lipinski definition) is 2. The number of rotatable bonds is 6. The number of methoxy groups -OCH3 is 2. The van der Waals surface area contributed by atoms with E-state index in [9.17, 15) is 0 Å². The molecule has 3 N–H and O–H groups in total. The predicted molar refractivity (Wildman–Crippen MR) is 77.7 cm³/mol. The van der Waals surface area contributed by atoms with Gasteiger partial charge in [-0.1, -0.05) is 0 Å². The number of anilines is 2. The van der Waals surface area contributed by atoms with Crippen LogP contribution in [0.3, 0.4) is 0 Å². The highest BCUT2D eigenvalue weighted by atomic mass is 16.5. The second-order valence-corrected chi connectivity index (χ2v) is 4.21. The van der Waals surface area contributed by atoms with Gasteiger partial charge < -0.3 is 20.5 Å². The summed E-state index contributed by atoms with van der Waals surface area (Å²) in [5, 5.41) is 5.15. The van der Waals surface area contributed by atoms with Crippen molar-refractivity contribution in [2.45, 2.75) is 6.42 Å². The van der Waals surface area contributed by atoms with Crippen LogP contribution in [-0.2, 0) is 4.74 Å². The largest absolute Gasteiger partial charge is 0.496 e. The highest BCUT2D eigenvalue weighted by molar-refractivity contribution is 6.03. The summed E-state index contributed by atoms with van der Waals surface area (Å²) < 4.78 is 10.4. The number of pyridine rings is 1. The van der Waals surface area contributed by atoms with E-state index in [-0.39, 0.29) is 0 Å². The van der Waals surface area contributed by atoms with Gasteiger partial charge in [-0.15, -0.1) is 0 Å². The first-order chi connectivity index (χ1) is 9.27. The molecule has 1 aromatic heterocycles. The third kappa shape index (κ3) is 2.88. The van der Waals surface area contributed by atoms with Crippen molar-refractivity contribution in [3.63, 3.8) is 0 Å². The molecule has 19 heavy (non-hydrogen) atoms. The molecule has 0 amide bonds. The van der Waals surface area contributed by atoms with E-state index in [0.29, 0.717) is 5.69 Å². The van der Waals surface area contributed by atoms with Crippen LogP contribution in [0.5, 0.6) is 5.75 Å². The average Bonchev–Trinajstić information content (AvgIpc) is 2.44. The van der Waals surface area contributed by atoms with E-state index in [4.69, 9.17) is 15.2 Å².